The molecule has 1 aliphatic rings. The second-order valence-electron chi connectivity index (χ2n) is 4.62. The van der Waals surface area contributed by atoms with Crippen LogP contribution in [-0.4, -0.2) is 4.98 Å². The van der Waals surface area contributed by atoms with Gasteiger partial charge in [0.25, 0.3) is 0 Å². The predicted molar refractivity (Wildman–Crippen MR) is 64.1 cm³/mol. The Balaban J connectivity index is 2.02. The van der Waals surface area contributed by atoms with Crippen LogP contribution >= 0.6 is 0 Å². The molecule has 0 radical (unpaired) electrons. The first-order chi connectivity index (χ1) is 7.45. The summed E-state index contributed by atoms with van der Waals surface area (Å²) in [7, 11) is 0. The summed E-state index contributed by atoms with van der Waals surface area (Å²) in [5.41, 5.74) is 2.84. The SMILES string of the molecule is c1ccc2c(C3CCCCC3)c[nH]c2c1. The fraction of sp³-hybridized carbons (Fsp3) is 0.429. The molecule has 0 amide bonds. The van der Waals surface area contributed by atoms with E-state index in [4.69, 9.17) is 0 Å². The van der Waals surface area contributed by atoms with Gasteiger partial charge in [-0.1, -0.05) is 37.5 Å². The Hall–Kier alpha value is -1.24. The predicted octanol–water partition coefficient (Wildman–Crippen LogP) is 4.22. The number of para-hydroxylation sites is 1. The molecule has 1 fully saturated rings. The number of fused-ring (bicyclic) bond motifs is 1. The van der Waals surface area contributed by atoms with Crippen molar-refractivity contribution in [1.82, 2.24) is 4.98 Å². The molecule has 1 nitrogen and oxygen atoms in total. The minimum Gasteiger partial charge on any atom is -0.361 e. The molecule has 78 valence electrons. The molecule has 1 aliphatic carbocycles. The van der Waals surface area contributed by atoms with E-state index in [1.54, 1.807) is 5.56 Å². The lowest BCUT2D eigenvalue weighted by Gasteiger charge is -2.21. The molecule has 0 aliphatic heterocycles. The van der Waals surface area contributed by atoms with Crippen molar-refractivity contribution in [2.24, 2.45) is 0 Å². The van der Waals surface area contributed by atoms with Gasteiger partial charge in [-0.3, -0.25) is 0 Å². The lowest BCUT2D eigenvalue weighted by atomic mass is 9.84. The third kappa shape index (κ3) is 1.56. The average molecular weight is 199 g/mol. The molecule has 1 aromatic carbocycles. The van der Waals surface area contributed by atoms with Crippen molar-refractivity contribution in [2.45, 2.75) is 38.0 Å². The van der Waals surface area contributed by atoms with Gasteiger partial charge in [-0.25, -0.2) is 0 Å². The van der Waals surface area contributed by atoms with E-state index in [9.17, 15) is 0 Å². The van der Waals surface area contributed by atoms with Gasteiger partial charge in [0.05, 0.1) is 0 Å². The van der Waals surface area contributed by atoms with Crippen LogP contribution in [0.2, 0.25) is 0 Å². The number of aromatic nitrogens is 1. The number of rotatable bonds is 1. The molecule has 15 heavy (non-hydrogen) atoms. The standard InChI is InChI=1S/C14H17N/c1-2-6-11(7-3-1)13-10-15-14-9-5-4-8-12(13)14/h4-5,8-11,15H,1-3,6-7H2. The summed E-state index contributed by atoms with van der Waals surface area (Å²) in [6.45, 7) is 0. The molecule has 0 unspecified atom stereocenters. The second kappa shape index (κ2) is 3.73. The summed E-state index contributed by atoms with van der Waals surface area (Å²) in [4.78, 5) is 3.39. The Morgan fingerprint density at radius 2 is 1.80 bits per heavy atom. The molecule has 0 saturated heterocycles. The molecule has 1 aromatic heterocycles. The number of H-pyrrole nitrogens is 1. The fourth-order valence-corrected chi connectivity index (χ4v) is 2.85. The summed E-state index contributed by atoms with van der Waals surface area (Å²) in [5.74, 6) is 0.801. The smallest absolute Gasteiger partial charge is 0.0456 e. The normalized spacial score (nSPS) is 18.4. The van der Waals surface area contributed by atoms with E-state index < -0.39 is 0 Å². The van der Waals surface area contributed by atoms with Crippen LogP contribution in [0.3, 0.4) is 0 Å². The van der Waals surface area contributed by atoms with E-state index in [0.29, 0.717) is 0 Å². The van der Waals surface area contributed by atoms with Crippen LogP contribution in [0, 0.1) is 0 Å². The van der Waals surface area contributed by atoms with E-state index in [-0.39, 0.29) is 0 Å². The molecule has 0 spiro atoms. The van der Waals surface area contributed by atoms with Gasteiger partial charge < -0.3 is 4.98 Å². The van der Waals surface area contributed by atoms with Gasteiger partial charge in [-0.15, -0.1) is 0 Å². The van der Waals surface area contributed by atoms with E-state index >= 15 is 0 Å². The maximum atomic E-state index is 3.39. The average Bonchev–Trinajstić information content (AvgIpc) is 2.74. The highest BCUT2D eigenvalue weighted by Crippen LogP contribution is 2.36. The summed E-state index contributed by atoms with van der Waals surface area (Å²) in [6, 6.07) is 8.66. The molecule has 1 heteroatoms. The zero-order valence-corrected chi connectivity index (χ0v) is 9.00. The third-order valence-corrected chi connectivity index (χ3v) is 3.67. The first-order valence-electron chi connectivity index (χ1n) is 6.01. The van der Waals surface area contributed by atoms with Crippen LogP contribution in [0.1, 0.15) is 43.6 Å². The van der Waals surface area contributed by atoms with Gasteiger partial charge in [0.2, 0.25) is 0 Å². The molecular formula is C14H17N. The molecule has 3 rings (SSSR count). The molecule has 0 atom stereocenters. The fourth-order valence-electron chi connectivity index (χ4n) is 2.85. The van der Waals surface area contributed by atoms with Crippen molar-refractivity contribution in [3.63, 3.8) is 0 Å². The van der Waals surface area contributed by atoms with Crippen LogP contribution in [0.4, 0.5) is 0 Å². The molecule has 1 heterocycles. The maximum Gasteiger partial charge on any atom is 0.0456 e. The van der Waals surface area contributed by atoms with Crippen LogP contribution in [-0.2, 0) is 0 Å². The summed E-state index contributed by atoms with van der Waals surface area (Å²) in [5, 5.41) is 1.43. The van der Waals surface area contributed by atoms with Crippen molar-refractivity contribution in [3.05, 3.63) is 36.0 Å². The van der Waals surface area contributed by atoms with Crippen LogP contribution < -0.4 is 0 Å². The van der Waals surface area contributed by atoms with E-state index in [1.165, 1.54) is 43.0 Å². The Labute approximate surface area is 90.5 Å². The second-order valence-corrected chi connectivity index (χ2v) is 4.62. The van der Waals surface area contributed by atoms with Crippen molar-refractivity contribution < 1.29 is 0 Å². The topological polar surface area (TPSA) is 15.8 Å². The lowest BCUT2D eigenvalue weighted by Crippen LogP contribution is -2.03. The maximum absolute atomic E-state index is 3.39. The third-order valence-electron chi connectivity index (χ3n) is 3.67. The quantitative estimate of drug-likeness (QED) is 0.708. The minimum atomic E-state index is 0.801. The molecular weight excluding hydrogens is 182 g/mol. The largest absolute Gasteiger partial charge is 0.361 e. The summed E-state index contributed by atoms with van der Waals surface area (Å²) >= 11 is 0. The highest BCUT2D eigenvalue weighted by molar-refractivity contribution is 5.83. The first-order valence-corrected chi connectivity index (χ1v) is 6.01. The Morgan fingerprint density at radius 3 is 2.67 bits per heavy atom. The van der Waals surface area contributed by atoms with Crippen molar-refractivity contribution in [3.8, 4) is 0 Å². The summed E-state index contributed by atoms with van der Waals surface area (Å²) < 4.78 is 0. The van der Waals surface area contributed by atoms with Gasteiger partial charge in [0.1, 0.15) is 0 Å². The number of benzene rings is 1. The monoisotopic (exact) mass is 199 g/mol. The number of aromatic amines is 1. The molecule has 2 aromatic rings. The zero-order chi connectivity index (χ0) is 10.1. The minimum absolute atomic E-state index is 0.801. The lowest BCUT2D eigenvalue weighted by molar-refractivity contribution is 0.445. The molecule has 0 bridgehead atoms. The van der Waals surface area contributed by atoms with Crippen LogP contribution in [0.15, 0.2) is 30.5 Å². The number of hydrogen-bond donors (Lipinski definition) is 1. The van der Waals surface area contributed by atoms with E-state index in [2.05, 4.69) is 35.4 Å². The van der Waals surface area contributed by atoms with E-state index in [0.717, 1.165) is 5.92 Å². The summed E-state index contributed by atoms with van der Waals surface area (Å²) in [6.07, 6.45) is 9.22. The van der Waals surface area contributed by atoms with Gasteiger partial charge in [0, 0.05) is 17.1 Å². The Kier molecular flexibility index (Phi) is 2.24. The molecule has 1 saturated carbocycles. The molecule has 1 N–H and O–H groups in total. The van der Waals surface area contributed by atoms with E-state index in [1.807, 2.05) is 0 Å². The number of nitrogens with one attached hydrogen (secondary N) is 1. The van der Waals surface area contributed by atoms with Crippen molar-refractivity contribution in [2.75, 3.05) is 0 Å². The van der Waals surface area contributed by atoms with Crippen molar-refractivity contribution >= 4 is 10.9 Å². The highest BCUT2D eigenvalue weighted by atomic mass is 14.7. The van der Waals surface area contributed by atoms with Gasteiger partial charge in [0.15, 0.2) is 0 Å². The highest BCUT2D eigenvalue weighted by Gasteiger charge is 2.18. The van der Waals surface area contributed by atoms with Crippen molar-refractivity contribution in [1.29, 1.82) is 0 Å². The Bertz CT molecular complexity index is 449. The Morgan fingerprint density at radius 1 is 1.00 bits per heavy atom. The van der Waals surface area contributed by atoms with Crippen LogP contribution in [0.25, 0.3) is 10.9 Å². The van der Waals surface area contributed by atoms with Gasteiger partial charge in [-0.2, -0.15) is 0 Å². The number of hydrogen-bond acceptors (Lipinski definition) is 0. The van der Waals surface area contributed by atoms with Gasteiger partial charge >= 0.3 is 0 Å². The van der Waals surface area contributed by atoms with Gasteiger partial charge in [-0.05, 0) is 30.4 Å². The van der Waals surface area contributed by atoms with Crippen LogP contribution in [0.5, 0.6) is 0 Å². The first kappa shape index (κ1) is 9.02. The zero-order valence-electron chi connectivity index (χ0n) is 9.00.